The minimum Gasteiger partial charge on any atom is -0.481 e. The second-order valence-electron chi connectivity index (χ2n) is 8.01. The molecule has 0 aliphatic rings. The van der Waals surface area contributed by atoms with Gasteiger partial charge in [0.05, 0.1) is 18.6 Å². The molecule has 0 fully saturated rings. The van der Waals surface area contributed by atoms with Crippen molar-refractivity contribution in [2.24, 2.45) is 5.73 Å². The Hall–Kier alpha value is -4.04. The Morgan fingerprint density at radius 1 is 0.833 bits per heavy atom. The topological polar surface area (TPSA) is 245 Å². The maximum absolute atomic E-state index is 12.7. The summed E-state index contributed by atoms with van der Waals surface area (Å²) in [6.45, 7) is 1.14. The zero-order chi connectivity index (χ0) is 27.4. The van der Waals surface area contributed by atoms with Crippen LogP contribution in [-0.4, -0.2) is 86.3 Å². The van der Waals surface area contributed by atoms with E-state index in [0.717, 1.165) is 6.92 Å². The van der Waals surface area contributed by atoms with Gasteiger partial charge >= 0.3 is 17.9 Å². The number of carboxylic acids is 3. The Balaban J connectivity index is 2.95. The monoisotopic (exact) mass is 510 g/mol. The molecule has 0 bridgehead atoms. The Labute approximate surface area is 205 Å². The summed E-state index contributed by atoms with van der Waals surface area (Å²) < 4.78 is 0. The summed E-state index contributed by atoms with van der Waals surface area (Å²) in [6.07, 6.45) is -3.23. The molecule has 0 aliphatic heterocycles. The fourth-order valence-electron chi connectivity index (χ4n) is 3.04. The Morgan fingerprint density at radius 3 is 1.92 bits per heavy atom. The molecular formula is C22H30N4O10. The number of nitrogens with one attached hydrogen (secondary N) is 3. The van der Waals surface area contributed by atoms with Gasteiger partial charge in [-0.2, -0.15) is 0 Å². The average molecular weight is 511 g/mol. The number of hydrogen-bond donors (Lipinski definition) is 8. The van der Waals surface area contributed by atoms with E-state index >= 15 is 0 Å². The van der Waals surface area contributed by atoms with E-state index < -0.39 is 78.7 Å². The third-order valence-electron chi connectivity index (χ3n) is 4.98. The molecule has 1 aromatic rings. The van der Waals surface area contributed by atoms with Gasteiger partial charge in [0.1, 0.15) is 18.1 Å². The van der Waals surface area contributed by atoms with Gasteiger partial charge in [-0.15, -0.1) is 0 Å². The van der Waals surface area contributed by atoms with Crippen molar-refractivity contribution in [3.05, 3.63) is 35.9 Å². The van der Waals surface area contributed by atoms with Crippen molar-refractivity contribution in [1.29, 1.82) is 0 Å². The zero-order valence-corrected chi connectivity index (χ0v) is 19.4. The second-order valence-corrected chi connectivity index (χ2v) is 8.01. The molecule has 0 saturated carbocycles. The summed E-state index contributed by atoms with van der Waals surface area (Å²) in [5.41, 5.74) is 6.17. The van der Waals surface area contributed by atoms with Crippen molar-refractivity contribution in [3.8, 4) is 0 Å². The van der Waals surface area contributed by atoms with Crippen molar-refractivity contribution in [3.63, 3.8) is 0 Å². The highest BCUT2D eigenvalue weighted by atomic mass is 16.4. The van der Waals surface area contributed by atoms with Crippen LogP contribution < -0.4 is 21.7 Å². The minimum atomic E-state index is -1.74. The van der Waals surface area contributed by atoms with E-state index in [1.165, 1.54) is 0 Å². The lowest BCUT2D eigenvalue weighted by atomic mass is 10.0. The highest BCUT2D eigenvalue weighted by Crippen LogP contribution is 2.06. The number of aliphatic carboxylic acids is 3. The summed E-state index contributed by atoms with van der Waals surface area (Å²) >= 11 is 0. The van der Waals surface area contributed by atoms with Gasteiger partial charge in [0, 0.05) is 12.8 Å². The number of nitrogens with two attached hydrogens (primary N) is 1. The average Bonchev–Trinajstić information content (AvgIpc) is 2.79. The molecule has 198 valence electrons. The largest absolute Gasteiger partial charge is 0.481 e. The summed E-state index contributed by atoms with van der Waals surface area (Å²) in [5.74, 6) is -7.28. The predicted molar refractivity (Wildman–Crippen MR) is 122 cm³/mol. The molecular weight excluding hydrogens is 480 g/mol. The minimum absolute atomic E-state index is 0.115. The molecule has 0 spiro atoms. The van der Waals surface area contributed by atoms with Crippen LogP contribution in [0.25, 0.3) is 0 Å². The predicted octanol–water partition coefficient (Wildman–Crippen LogP) is -2.18. The molecule has 9 N–H and O–H groups in total. The van der Waals surface area contributed by atoms with Crippen LogP contribution in [0, 0.1) is 0 Å². The van der Waals surface area contributed by atoms with Crippen LogP contribution in [-0.2, 0) is 35.2 Å². The van der Waals surface area contributed by atoms with E-state index in [1.54, 1.807) is 30.3 Å². The molecule has 0 aromatic heterocycles. The Bertz CT molecular complexity index is 953. The smallest absolute Gasteiger partial charge is 0.326 e. The molecule has 5 atom stereocenters. The number of aliphatic hydroxyl groups is 1. The van der Waals surface area contributed by atoms with Crippen molar-refractivity contribution in [2.75, 3.05) is 0 Å². The van der Waals surface area contributed by atoms with E-state index in [1.807, 2.05) is 0 Å². The lowest BCUT2D eigenvalue weighted by molar-refractivity contribution is -0.144. The number of hydrogen-bond acceptors (Lipinski definition) is 8. The molecule has 36 heavy (non-hydrogen) atoms. The molecule has 3 amide bonds. The second kappa shape index (κ2) is 14.4. The van der Waals surface area contributed by atoms with Gasteiger partial charge in [-0.1, -0.05) is 30.3 Å². The van der Waals surface area contributed by atoms with Gasteiger partial charge in [0.15, 0.2) is 0 Å². The fourth-order valence-corrected chi connectivity index (χ4v) is 3.04. The molecule has 0 aliphatic carbocycles. The number of benzene rings is 1. The van der Waals surface area contributed by atoms with Gasteiger partial charge in [0.25, 0.3) is 0 Å². The van der Waals surface area contributed by atoms with Gasteiger partial charge in [-0.05, 0) is 18.9 Å². The van der Waals surface area contributed by atoms with Gasteiger partial charge < -0.3 is 42.1 Å². The summed E-state index contributed by atoms with van der Waals surface area (Å²) in [4.78, 5) is 71.2. The molecule has 0 saturated heterocycles. The van der Waals surface area contributed by atoms with E-state index in [4.69, 9.17) is 15.9 Å². The maximum Gasteiger partial charge on any atom is 0.326 e. The molecule has 1 rings (SSSR count). The van der Waals surface area contributed by atoms with Crippen LogP contribution in [0.15, 0.2) is 30.3 Å². The maximum atomic E-state index is 12.7. The van der Waals surface area contributed by atoms with Crippen molar-refractivity contribution in [1.82, 2.24) is 16.0 Å². The quantitative estimate of drug-likeness (QED) is 0.126. The number of rotatable bonds is 15. The van der Waals surface area contributed by atoms with Crippen LogP contribution in [0.1, 0.15) is 31.7 Å². The van der Waals surface area contributed by atoms with Gasteiger partial charge in [0.2, 0.25) is 17.7 Å². The van der Waals surface area contributed by atoms with Gasteiger partial charge in [-0.3, -0.25) is 24.0 Å². The highest BCUT2D eigenvalue weighted by molar-refractivity contribution is 5.96. The third kappa shape index (κ3) is 10.5. The standard InChI is InChI=1S/C22H30N4O10/c1-11(27)18(26-19(32)13(23)7-8-16(28)29)21(34)24-14(10-17(30)31)20(33)25-15(22(35)36)9-12-5-3-2-4-6-12/h2-6,11,13-15,18,27H,7-10,23H2,1H3,(H,24,34)(H,25,33)(H,26,32)(H,28,29)(H,30,31)(H,35,36). The summed E-state index contributed by atoms with van der Waals surface area (Å²) in [5, 5.41) is 43.7. The first-order valence-corrected chi connectivity index (χ1v) is 10.9. The molecule has 14 nitrogen and oxygen atoms in total. The van der Waals surface area contributed by atoms with E-state index in [-0.39, 0.29) is 12.8 Å². The molecule has 0 heterocycles. The van der Waals surface area contributed by atoms with Crippen LogP contribution in [0.2, 0.25) is 0 Å². The van der Waals surface area contributed by atoms with E-state index in [0.29, 0.717) is 5.56 Å². The first-order chi connectivity index (χ1) is 16.8. The number of carbonyl (C=O) groups is 6. The van der Waals surface area contributed by atoms with Crippen LogP contribution >= 0.6 is 0 Å². The number of carboxylic acid groups (broad SMARTS) is 3. The highest BCUT2D eigenvalue weighted by Gasteiger charge is 2.33. The van der Waals surface area contributed by atoms with Crippen molar-refractivity contribution in [2.45, 2.75) is 62.9 Å². The molecule has 0 radical (unpaired) electrons. The van der Waals surface area contributed by atoms with Gasteiger partial charge in [-0.25, -0.2) is 4.79 Å². The fraction of sp³-hybridized carbons (Fsp3) is 0.455. The lowest BCUT2D eigenvalue weighted by Gasteiger charge is -2.26. The number of amides is 3. The molecule has 1 aromatic carbocycles. The molecule has 14 heteroatoms. The molecule has 5 unspecified atom stereocenters. The Morgan fingerprint density at radius 2 is 1.42 bits per heavy atom. The van der Waals surface area contributed by atoms with Crippen molar-refractivity contribution < 1.29 is 49.2 Å². The first-order valence-electron chi connectivity index (χ1n) is 10.9. The SMILES string of the molecule is CC(O)C(NC(=O)C(N)CCC(=O)O)C(=O)NC(CC(=O)O)C(=O)NC(Cc1ccccc1)C(=O)O. The van der Waals surface area contributed by atoms with Crippen LogP contribution in [0.5, 0.6) is 0 Å². The summed E-state index contributed by atoms with van der Waals surface area (Å²) in [7, 11) is 0. The van der Waals surface area contributed by atoms with Crippen LogP contribution in [0.4, 0.5) is 0 Å². The zero-order valence-electron chi connectivity index (χ0n) is 19.4. The first kappa shape index (κ1) is 30.0. The number of carbonyl (C=O) groups excluding carboxylic acids is 3. The third-order valence-corrected chi connectivity index (χ3v) is 4.98. The Kier molecular flexibility index (Phi) is 12.0. The summed E-state index contributed by atoms with van der Waals surface area (Å²) in [6, 6.07) is 2.15. The number of aliphatic hydroxyl groups excluding tert-OH is 1. The van der Waals surface area contributed by atoms with Crippen LogP contribution in [0.3, 0.4) is 0 Å². The van der Waals surface area contributed by atoms with E-state index in [9.17, 15) is 39.0 Å². The normalized spacial score (nSPS) is 14.9. The van der Waals surface area contributed by atoms with E-state index in [2.05, 4.69) is 16.0 Å². The van der Waals surface area contributed by atoms with Crippen molar-refractivity contribution >= 4 is 35.6 Å². The lowest BCUT2D eigenvalue weighted by Crippen LogP contribution is -2.60.